The largest absolute Gasteiger partial charge is 0.481 e. The highest BCUT2D eigenvalue weighted by Crippen LogP contribution is 2.22. The van der Waals surface area contributed by atoms with Crippen LogP contribution in [0, 0.1) is 12.8 Å². The van der Waals surface area contributed by atoms with Crippen molar-refractivity contribution in [3.8, 4) is 0 Å². The van der Waals surface area contributed by atoms with E-state index in [1.807, 2.05) is 25.1 Å². The first-order valence-corrected chi connectivity index (χ1v) is 7.28. The molecule has 0 aromatic heterocycles. The lowest BCUT2D eigenvalue weighted by Crippen LogP contribution is -2.33. The number of carboxylic acids is 1. The summed E-state index contributed by atoms with van der Waals surface area (Å²) in [6.07, 6.45) is 0.872. The van der Waals surface area contributed by atoms with Crippen LogP contribution in [0.15, 0.2) is 22.7 Å². The fourth-order valence-electron chi connectivity index (χ4n) is 2.44. The maximum atomic E-state index is 12.1. The zero-order valence-electron chi connectivity index (χ0n) is 11.2. The fourth-order valence-corrected chi connectivity index (χ4v) is 3.05. The van der Waals surface area contributed by atoms with Gasteiger partial charge in [0.2, 0.25) is 0 Å². The molecule has 0 spiro atoms. The molecule has 1 aliphatic rings. The summed E-state index contributed by atoms with van der Waals surface area (Å²) < 4.78 is 0.915. The van der Waals surface area contributed by atoms with E-state index in [1.54, 1.807) is 4.90 Å². The van der Waals surface area contributed by atoms with Gasteiger partial charge >= 0.3 is 12.0 Å². The van der Waals surface area contributed by atoms with Gasteiger partial charge in [0.15, 0.2) is 0 Å². The monoisotopic (exact) mass is 340 g/mol. The van der Waals surface area contributed by atoms with Crippen molar-refractivity contribution in [2.24, 2.45) is 5.92 Å². The predicted molar refractivity (Wildman–Crippen MR) is 79.8 cm³/mol. The number of benzene rings is 1. The maximum Gasteiger partial charge on any atom is 0.321 e. The van der Waals surface area contributed by atoms with Gasteiger partial charge in [-0.1, -0.05) is 15.9 Å². The molecule has 1 aromatic carbocycles. The molecule has 1 fully saturated rings. The Morgan fingerprint density at radius 2 is 2.20 bits per heavy atom. The highest BCUT2D eigenvalue weighted by molar-refractivity contribution is 9.10. The lowest BCUT2D eigenvalue weighted by molar-refractivity contribution is -0.138. The molecule has 2 rings (SSSR count). The van der Waals surface area contributed by atoms with Crippen LogP contribution in [0.2, 0.25) is 0 Å². The molecule has 6 heteroatoms. The van der Waals surface area contributed by atoms with Gasteiger partial charge in [0.05, 0.1) is 0 Å². The van der Waals surface area contributed by atoms with Crippen LogP contribution in [0.3, 0.4) is 0 Å². The zero-order chi connectivity index (χ0) is 14.7. The lowest BCUT2D eigenvalue weighted by Gasteiger charge is -2.17. The molecule has 1 saturated heterocycles. The molecule has 1 unspecified atom stereocenters. The Hall–Kier alpha value is -1.56. The number of aliphatic carboxylic acids is 1. The van der Waals surface area contributed by atoms with Crippen LogP contribution in [0.5, 0.6) is 0 Å². The Labute approximate surface area is 126 Å². The minimum atomic E-state index is -0.806. The van der Waals surface area contributed by atoms with E-state index in [1.165, 1.54) is 0 Å². The van der Waals surface area contributed by atoms with Crippen LogP contribution in [0.1, 0.15) is 18.4 Å². The predicted octanol–water partition coefficient (Wildman–Crippen LogP) is 3.09. The number of amides is 2. The first-order valence-electron chi connectivity index (χ1n) is 6.49. The van der Waals surface area contributed by atoms with E-state index in [0.717, 1.165) is 22.1 Å². The van der Waals surface area contributed by atoms with Crippen LogP contribution in [-0.2, 0) is 4.79 Å². The van der Waals surface area contributed by atoms with Crippen LogP contribution in [0.25, 0.3) is 0 Å². The van der Waals surface area contributed by atoms with Crippen molar-refractivity contribution in [2.45, 2.75) is 19.8 Å². The van der Waals surface area contributed by atoms with Crippen LogP contribution in [-0.4, -0.2) is 35.1 Å². The van der Waals surface area contributed by atoms with Gasteiger partial charge in [-0.3, -0.25) is 4.79 Å². The average molecular weight is 341 g/mol. The number of hydrogen-bond donors (Lipinski definition) is 2. The first kappa shape index (κ1) is 14.8. The summed E-state index contributed by atoms with van der Waals surface area (Å²) in [5.74, 6) is -0.748. The van der Waals surface area contributed by atoms with Crippen molar-refractivity contribution in [1.82, 2.24) is 4.90 Å². The molecule has 0 aliphatic carbocycles. The van der Waals surface area contributed by atoms with Gasteiger partial charge in [0.1, 0.15) is 0 Å². The van der Waals surface area contributed by atoms with Gasteiger partial charge in [-0.15, -0.1) is 0 Å². The second-order valence-corrected chi connectivity index (χ2v) is 6.06. The number of halogens is 1. The summed E-state index contributed by atoms with van der Waals surface area (Å²) in [4.78, 5) is 24.5. The SMILES string of the molecule is Cc1cc(Br)cc(NC(=O)N2CCC(CC(=O)O)C2)c1. The molecule has 1 heterocycles. The highest BCUT2D eigenvalue weighted by atomic mass is 79.9. The third-order valence-corrected chi connectivity index (χ3v) is 3.79. The van der Waals surface area contributed by atoms with Gasteiger partial charge in [-0.25, -0.2) is 4.79 Å². The van der Waals surface area contributed by atoms with E-state index in [0.29, 0.717) is 13.1 Å². The fraction of sp³-hybridized carbons (Fsp3) is 0.429. The number of carbonyl (C=O) groups excluding carboxylic acids is 1. The van der Waals surface area contributed by atoms with Gasteiger partial charge < -0.3 is 15.3 Å². The Morgan fingerprint density at radius 3 is 2.85 bits per heavy atom. The highest BCUT2D eigenvalue weighted by Gasteiger charge is 2.27. The van der Waals surface area contributed by atoms with Gasteiger partial charge in [0, 0.05) is 29.7 Å². The van der Waals surface area contributed by atoms with Crippen LogP contribution in [0.4, 0.5) is 10.5 Å². The minimum absolute atomic E-state index is 0.0579. The summed E-state index contributed by atoms with van der Waals surface area (Å²) in [5, 5.41) is 11.6. The Morgan fingerprint density at radius 1 is 1.45 bits per heavy atom. The lowest BCUT2D eigenvalue weighted by atomic mass is 10.1. The van der Waals surface area contributed by atoms with Crippen molar-refractivity contribution in [2.75, 3.05) is 18.4 Å². The first-order chi connectivity index (χ1) is 9.44. The number of hydrogen-bond acceptors (Lipinski definition) is 2. The molecule has 20 heavy (non-hydrogen) atoms. The quantitative estimate of drug-likeness (QED) is 0.888. The van der Waals surface area contributed by atoms with Crippen molar-refractivity contribution < 1.29 is 14.7 Å². The van der Waals surface area contributed by atoms with Gasteiger partial charge in [-0.05, 0) is 43.0 Å². The number of rotatable bonds is 3. The van der Waals surface area contributed by atoms with Crippen molar-refractivity contribution in [3.63, 3.8) is 0 Å². The molecule has 0 radical (unpaired) electrons. The number of likely N-dealkylation sites (tertiary alicyclic amines) is 1. The molecule has 0 bridgehead atoms. The number of nitrogens with one attached hydrogen (secondary N) is 1. The average Bonchev–Trinajstić information content (AvgIpc) is 2.75. The molecule has 1 aliphatic heterocycles. The second-order valence-electron chi connectivity index (χ2n) is 5.15. The van der Waals surface area contributed by atoms with E-state index >= 15 is 0 Å². The molecule has 1 aromatic rings. The van der Waals surface area contributed by atoms with Crippen molar-refractivity contribution in [3.05, 3.63) is 28.2 Å². The molecule has 2 amide bonds. The molecule has 5 nitrogen and oxygen atoms in total. The Bertz CT molecular complexity index is 513. The molecular weight excluding hydrogens is 324 g/mol. The van der Waals surface area contributed by atoms with E-state index in [9.17, 15) is 9.59 Å². The van der Waals surface area contributed by atoms with Crippen molar-refractivity contribution >= 4 is 33.6 Å². The van der Waals surface area contributed by atoms with Crippen LogP contribution < -0.4 is 5.32 Å². The number of aryl methyl sites for hydroxylation is 1. The molecular formula is C14H17BrN2O3. The van der Waals surface area contributed by atoms with E-state index in [-0.39, 0.29) is 18.4 Å². The second kappa shape index (κ2) is 6.26. The third kappa shape index (κ3) is 3.96. The van der Waals surface area contributed by atoms with E-state index in [4.69, 9.17) is 5.11 Å². The molecule has 0 saturated carbocycles. The minimum Gasteiger partial charge on any atom is -0.481 e. The number of nitrogens with zero attached hydrogens (tertiary/aromatic N) is 1. The summed E-state index contributed by atoms with van der Waals surface area (Å²) >= 11 is 3.39. The molecule has 108 valence electrons. The summed E-state index contributed by atoms with van der Waals surface area (Å²) in [6, 6.07) is 5.53. The summed E-state index contributed by atoms with van der Waals surface area (Å²) in [6.45, 7) is 3.07. The Kier molecular flexibility index (Phi) is 4.65. The molecule has 2 N–H and O–H groups in total. The molecule has 1 atom stereocenters. The zero-order valence-corrected chi connectivity index (χ0v) is 12.8. The van der Waals surface area contributed by atoms with E-state index < -0.39 is 5.97 Å². The van der Waals surface area contributed by atoms with E-state index in [2.05, 4.69) is 21.2 Å². The maximum absolute atomic E-state index is 12.1. The number of carbonyl (C=O) groups is 2. The van der Waals surface area contributed by atoms with Crippen molar-refractivity contribution in [1.29, 1.82) is 0 Å². The number of carboxylic acid groups (broad SMARTS) is 1. The third-order valence-electron chi connectivity index (χ3n) is 3.33. The number of urea groups is 1. The summed E-state index contributed by atoms with van der Waals surface area (Å²) in [7, 11) is 0. The topological polar surface area (TPSA) is 69.6 Å². The number of anilines is 1. The van der Waals surface area contributed by atoms with Gasteiger partial charge in [-0.2, -0.15) is 0 Å². The Balaban J connectivity index is 1.94. The standard InChI is InChI=1S/C14H17BrN2O3/c1-9-4-11(15)7-12(5-9)16-14(20)17-3-2-10(8-17)6-13(18)19/h4-5,7,10H,2-3,6,8H2,1H3,(H,16,20)(H,18,19). The smallest absolute Gasteiger partial charge is 0.321 e. The summed E-state index contributed by atoms with van der Waals surface area (Å²) in [5.41, 5.74) is 1.79. The van der Waals surface area contributed by atoms with Gasteiger partial charge in [0.25, 0.3) is 0 Å². The van der Waals surface area contributed by atoms with Crippen LogP contribution >= 0.6 is 15.9 Å². The normalized spacial score (nSPS) is 18.1.